The van der Waals surface area contributed by atoms with Crippen LogP contribution in [0.5, 0.6) is 11.5 Å². The molecule has 44 heavy (non-hydrogen) atoms. The number of phenolic OH excluding ortho intramolecular Hbond substituents is 1. The van der Waals surface area contributed by atoms with E-state index in [1.54, 1.807) is 0 Å². The summed E-state index contributed by atoms with van der Waals surface area (Å²) in [5.74, 6) is 2.81. The third kappa shape index (κ3) is 9.13. The van der Waals surface area contributed by atoms with Gasteiger partial charge in [-0.2, -0.15) is 0 Å². The molecule has 4 atom stereocenters. The Bertz CT molecular complexity index is 1250. The topological polar surface area (TPSA) is 38.7 Å². The second-order valence-electron chi connectivity index (χ2n) is 15.7. The average Bonchev–Trinajstić information content (AvgIpc) is 2.95. The smallest absolute Gasteiger partial charge is 0.202 e. The molecule has 0 bridgehead atoms. The van der Waals surface area contributed by atoms with E-state index >= 15 is 0 Å². The van der Waals surface area contributed by atoms with Crippen molar-refractivity contribution in [2.45, 2.75) is 113 Å². The second-order valence-corrected chi connectivity index (χ2v) is 15.7. The molecule has 3 nitrogen and oxygen atoms in total. The second kappa shape index (κ2) is 15.0. The average molecular weight is 601 g/mol. The molecule has 0 aliphatic carbocycles. The molecular weight excluding hydrogens is 540 g/mol. The van der Waals surface area contributed by atoms with Gasteiger partial charge in [0.25, 0.3) is 0 Å². The highest BCUT2D eigenvalue weighted by Crippen LogP contribution is 2.54. The molecule has 0 amide bonds. The normalized spacial score (nSPS) is 16.0. The fraction of sp³-hybridized carbons (Fsp3) is 0.561. The number of phenols is 1. The van der Waals surface area contributed by atoms with Gasteiger partial charge in [-0.3, -0.25) is 0 Å². The van der Waals surface area contributed by atoms with E-state index in [0.29, 0.717) is 30.1 Å². The summed E-state index contributed by atoms with van der Waals surface area (Å²) in [6, 6.07) is 27.2. The molecule has 0 aliphatic heterocycles. The van der Waals surface area contributed by atoms with Crippen molar-refractivity contribution < 1.29 is 14.6 Å². The van der Waals surface area contributed by atoms with Crippen LogP contribution < -0.4 is 4.74 Å². The number of benzene rings is 3. The van der Waals surface area contributed by atoms with E-state index in [1.165, 1.54) is 16.7 Å². The molecule has 0 fully saturated rings. The van der Waals surface area contributed by atoms with Crippen molar-refractivity contribution in [1.82, 2.24) is 0 Å². The van der Waals surface area contributed by atoms with Crippen molar-refractivity contribution in [3.63, 3.8) is 0 Å². The van der Waals surface area contributed by atoms with Crippen molar-refractivity contribution in [1.29, 1.82) is 0 Å². The maximum absolute atomic E-state index is 10.0. The van der Waals surface area contributed by atoms with Crippen LogP contribution in [0.25, 0.3) is 0 Å². The van der Waals surface area contributed by atoms with Gasteiger partial charge in [0.15, 0.2) is 0 Å². The first kappa shape index (κ1) is 35.7. The number of aromatic hydroxyl groups is 1. The predicted octanol–water partition coefficient (Wildman–Crippen LogP) is 11.2. The van der Waals surface area contributed by atoms with Gasteiger partial charge in [-0.25, -0.2) is 0 Å². The van der Waals surface area contributed by atoms with Crippen LogP contribution in [-0.4, -0.2) is 18.0 Å². The minimum atomic E-state index is -0.290. The highest BCUT2D eigenvalue weighted by Gasteiger charge is 2.47. The standard InChI is InChI=1S/C41H60O3/c1-29(2)28-41(11,34-19-21-35(42)22-20-34)40(9,10)31(5)27-37(39(6,7)8)33-17-23-36(24-18-33)44-38(30(3)4)43-26-25-32-15-13-12-14-16-32/h12-24,29-31,37-38,42H,25-28H2,1-11H3/t31?,37?,38?,41-/m0/s1. The van der Waals surface area contributed by atoms with E-state index in [-0.39, 0.29) is 28.5 Å². The zero-order valence-corrected chi connectivity index (χ0v) is 29.5. The molecule has 3 aromatic rings. The molecule has 0 saturated carbocycles. The lowest BCUT2D eigenvalue weighted by atomic mass is 9.53. The van der Waals surface area contributed by atoms with Gasteiger partial charge in [0.2, 0.25) is 6.29 Å². The largest absolute Gasteiger partial charge is 0.508 e. The molecule has 3 aromatic carbocycles. The number of hydrogen-bond donors (Lipinski definition) is 1. The van der Waals surface area contributed by atoms with Crippen LogP contribution in [0.3, 0.4) is 0 Å². The molecule has 0 spiro atoms. The molecule has 0 radical (unpaired) electrons. The highest BCUT2D eigenvalue weighted by molar-refractivity contribution is 5.34. The van der Waals surface area contributed by atoms with Crippen molar-refractivity contribution >= 4 is 0 Å². The SMILES string of the molecule is CC(C)C[C@@](C)(c1ccc(O)cc1)C(C)(C)C(C)CC(c1ccc(OC(OCCc2ccccc2)C(C)C)cc1)C(C)(C)C. The summed E-state index contributed by atoms with van der Waals surface area (Å²) in [5, 5.41) is 10.0. The van der Waals surface area contributed by atoms with E-state index in [1.807, 2.05) is 18.2 Å². The Hall–Kier alpha value is -2.78. The molecule has 3 heteroatoms. The predicted molar refractivity (Wildman–Crippen MR) is 186 cm³/mol. The summed E-state index contributed by atoms with van der Waals surface area (Å²) in [6.45, 7) is 26.4. The van der Waals surface area contributed by atoms with E-state index in [2.05, 4.69) is 137 Å². The van der Waals surface area contributed by atoms with Gasteiger partial charge in [0, 0.05) is 5.92 Å². The van der Waals surface area contributed by atoms with E-state index < -0.39 is 0 Å². The number of rotatable bonds is 15. The Labute approximate surface area is 269 Å². The Kier molecular flexibility index (Phi) is 12.2. The van der Waals surface area contributed by atoms with Crippen LogP contribution in [-0.2, 0) is 16.6 Å². The third-order valence-electron chi connectivity index (χ3n) is 10.2. The van der Waals surface area contributed by atoms with E-state index in [9.17, 15) is 5.11 Å². The summed E-state index contributed by atoms with van der Waals surface area (Å²) in [7, 11) is 0. The van der Waals surface area contributed by atoms with Crippen LogP contribution in [0, 0.1) is 28.6 Å². The van der Waals surface area contributed by atoms with Crippen LogP contribution in [0.4, 0.5) is 0 Å². The van der Waals surface area contributed by atoms with Crippen LogP contribution in [0.1, 0.15) is 112 Å². The molecule has 0 aromatic heterocycles. The van der Waals surface area contributed by atoms with Gasteiger partial charge in [-0.05, 0) is 94.2 Å². The summed E-state index contributed by atoms with van der Waals surface area (Å²) >= 11 is 0. The van der Waals surface area contributed by atoms with Gasteiger partial charge >= 0.3 is 0 Å². The van der Waals surface area contributed by atoms with E-state index in [0.717, 1.165) is 25.0 Å². The molecule has 0 saturated heterocycles. The zero-order chi connectivity index (χ0) is 32.7. The molecular formula is C41H60O3. The molecule has 3 rings (SSSR count). The van der Waals surface area contributed by atoms with Gasteiger partial charge in [0.1, 0.15) is 11.5 Å². The first-order valence-corrected chi connectivity index (χ1v) is 16.8. The summed E-state index contributed by atoms with van der Waals surface area (Å²) in [5.41, 5.74) is 4.01. The Morgan fingerprint density at radius 3 is 1.84 bits per heavy atom. The maximum atomic E-state index is 10.0. The molecule has 1 N–H and O–H groups in total. The van der Waals surface area contributed by atoms with Crippen LogP contribution >= 0.6 is 0 Å². The molecule has 0 aliphatic rings. The fourth-order valence-corrected chi connectivity index (χ4v) is 6.79. The lowest BCUT2D eigenvalue weighted by Crippen LogP contribution is -2.45. The summed E-state index contributed by atoms with van der Waals surface area (Å²) in [6.07, 6.45) is 2.75. The molecule has 242 valence electrons. The first-order chi connectivity index (χ1) is 20.5. The Morgan fingerprint density at radius 2 is 1.32 bits per heavy atom. The summed E-state index contributed by atoms with van der Waals surface area (Å²) in [4.78, 5) is 0. The van der Waals surface area contributed by atoms with Gasteiger partial charge in [0.05, 0.1) is 6.61 Å². The van der Waals surface area contributed by atoms with E-state index in [4.69, 9.17) is 9.47 Å². The third-order valence-corrected chi connectivity index (χ3v) is 10.2. The number of ether oxygens (including phenoxy) is 2. The first-order valence-electron chi connectivity index (χ1n) is 16.8. The number of hydrogen-bond acceptors (Lipinski definition) is 3. The zero-order valence-electron chi connectivity index (χ0n) is 29.5. The fourth-order valence-electron chi connectivity index (χ4n) is 6.79. The summed E-state index contributed by atoms with van der Waals surface area (Å²) < 4.78 is 12.6. The quantitative estimate of drug-likeness (QED) is 0.176. The Morgan fingerprint density at radius 1 is 0.727 bits per heavy atom. The lowest BCUT2D eigenvalue weighted by molar-refractivity contribution is -0.106. The minimum absolute atomic E-state index is 0.0162. The maximum Gasteiger partial charge on any atom is 0.202 e. The highest BCUT2D eigenvalue weighted by atomic mass is 16.7. The van der Waals surface area contributed by atoms with Crippen LogP contribution in [0.15, 0.2) is 78.9 Å². The molecule has 3 unspecified atom stereocenters. The lowest BCUT2D eigenvalue weighted by Gasteiger charge is -2.51. The van der Waals surface area contributed by atoms with Gasteiger partial charge in [-0.15, -0.1) is 0 Å². The minimum Gasteiger partial charge on any atom is -0.508 e. The van der Waals surface area contributed by atoms with Gasteiger partial charge < -0.3 is 14.6 Å². The van der Waals surface area contributed by atoms with Crippen molar-refractivity contribution in [3.8, 4) is 11.5 Å². The van der Waals surface area contributed by atoms with Crippen molar-refractivity contribution in [2.24, 2.45) is 28.6 Å². The monoisotopic (exact) mass is 600 g/mol. The van der Waals surface area contributed by atoms with Crippen LogP contribution in [0.2, 0.25) is 0 Å². The Balaban J connectivity index is 1.78. The van der Waals surface area contributed by atoms with Crippen molar-refractivity contribution in [3.05, 3.63) is 95.6 Å². The van der Waals surface area contributed by atoms with Crippen molar-refractivity contribution in [2.75, 3.05) is 6.61 Å². The van der Waals surface area contributed by atoms with Gasteiger partial charge in [-0.1, -0.05) is 131 Å². The molecule has 0 heterocycles.